The normalized spacial score (nSPS) is 12.8. The van der Waals surface area contributed by atoms with Gasteiger partial charge in [-0.2, -0.15) is 0 Å². The van der Waals surface area contributed by atoms with Gasteiger partial charge in [0.05, 0.1) is 6.10 Å². The zero-order valence-electron chi connectivity index (χ0n) is 14.0. The Bertz CT molecular complexity index is 568. The first-order valence-corrected chi connectivity index (χ1v) is 8.21. The summed E-state index contributed by atoms with van der Waals surface area (Å²) in [4.78, 5) is 2.24. The Labute approximate surface area is 138 Å². The van der Waals surface area contributed by atoms with Gasteiger partial charge in [0.1, 0.15) is 5.82 Å². The molecule has 1 atom stereocenters. The second-order valence-electron chi connectivity index (χ2n) is 6.56. The predicted molar refractivity (Wildman–Crippen MR) is 92.7 cm³/mol. The molecule has 0 amide bonds. The van der Waals surface area contributed by atoms with Crippen molar-refractivity contribution in [1.82, 2.24) is 4.90 Å². The Morgan fingerprint density at radius 2 is 1.57 bits per heavy atom. The van der Waals surface area contributed by atoms with E-state index < -0.39 is 6.10 Å². The Morgan fingerprint density at radius 3 is 2.17 bits per heavy atom. The van der Waals surface area contributed by atoms with E-state index >= 15 is 0 Å². The average Bonchev–Trinajstić information content (AvgIpc) is 2.50. The van der Waals surface area contributed by atoms with E-state index in [1.165, 1.54) is 12.1 Å². The van der Waals surface area contributed by atoms with Crippen LogP contribution in [0, 0.1) is 11.7 Å². The first kappa shape index (κ1) is 17.6. The highest BCUT2D eigenvalue weighted by Gasteiger charge is 2.14. The standard InChI is InChI=1S/C20H26FNO/c1-16(2)13-22(14-18-8-10-19(21)11-9-18)15-20(23)12-17-6-4-3-5-7-17/h3-11,16,20,23H,12-15H2,1-2H3/t20-/m1/s1. The molecule has 0 radical (unpaired) electrons. The minimum Gasteiger partial charge on any atom is -0.391 e. The van der Waals surface area contributed by atoms with E-state index in [1.807, 2.05) is 42.5 Å². The van der Waals surface area contributed by atoms with E-state index in [0.29, 0.717) is 18.9 Å². The molecule has 0 unspecified atom stereocenters. The van der Waals surface area contributed by atoms with E-state index in [0.717, 1.165) is 24.2 Å². The zero-order valence-corrected chi connectivity index (χ0v) is 14.0. The maximum absolute atomic E-state index is 13.0. The average molecular weight is 315 g/mol. The van der Waals surface area contributed by atoms with E-state index in [2.05, 4.69) is 18.7 Å². The van der Waals surface area contributed by atoms with E-state index in [-0.39, 0.29) is 5.82 Å². The minimum atomic E-state index is -0.406. The van der Waals surface area contributed by atoms with E-state index in [4.69, 9.17) is 0 Å². The molecule has 2 rings (SSSR count). The molecule has 0 saturated carbocycles. The fraction of sp³-hybridized carbons (Fsp3) is 0.400. The summed E-state index contributed by atoms with van der Waals surface area (Å²) in [7, 11) is 0. The second kappa shape index (κ2) is 8.80. The van der Waals surface area contributed by atoms with Crippen LogP contribution < -0.4 is 0 Å². The van der Waals surface area contributed by atoms with Crippen molar-refractivity contribution in [2.24, 2.45) is 5.92 Å². The highest BCUT2D eigenvalue weighted by molar-refractivity contribution is 5.17. The largest absolute Gasteiger partial charge is 0.391 e. The molecule has 0 aromatic heterocycles. The molecule has 23 heavy (non-hydrogen) atoms. The van der Waals surface area contributed by atoms with Crippen molar-refractivity contribution in [3.63, 3.8) is 0 Å². The lowest BCUT2D eigenvalue weighted by molar-refractivity contribution is 0.101. The van der Waals surface area contributed by atoms with Gasteiger partial charge in [-0.1, -0.05) is 56.3 Å². The van der Waals surface area contributed by atoms with Gasteiger partial charge in [0.2, 0.25) is 0 Å². The molecule has 2 aromatic rings. The number of benzene rings is 2. The Kier molecular flexibility index (Phi) is 6.75. The number of aliphatic hydroxyl groups is 1. The first-order chi connectivity index (χ1) is 11.0. The van der Waals surface area contributed by atoms with Gasteiger partial charge in [-0.15, -0.1) is 0 Å². The van der Waals surface area contributed by atoms with Crippen molar-refractivity contribution in [2.75, 3.05) is 13.1 Å². The van der Waals surface area contributed by atoms with Gasteiger partial charge in [0.15, 0.2) is 0 Å². The van der Waals surface area contributed by atoms with Crippen LogP contribution in [0.3, 0.4) is 0 Å². The summed E-state index contributed by atoms with van der Waals surface area (Å²) in [6.45, 7) is 6.58. The van der Waals surface area contributed by atoms with Gasteiger partial charge in [-0.25, -0.2) is 4.39 Å². The molecule has 2 nitrogen and oxygen atoms in total. The van der Waals surface area contributed by atoms with Crippen LogP contribution in [0.5, 0.6) is 0 Å². The lowest BCUT2D eigenvalue weighted by Gasteiger charge is -2.27. The quantitative estimate of drug-likeness (QED) is 0.799. The Hall–Kier alpha value is -1.71. The van der Waals surface area contributed by atoms with Crippen LogP contribution in [-0.2, 0) is 13.0 Å². The number of halogens is 1. The predicted octanol–water partition coefficient (Wildman–Crippen LogP) is 3.89. The summed E-state index contributed by atoms with van der Waals surface area (Å²) >= 11 is 0. The molecular formula is C20H26FNO. The van der Waals surface area contributed by atoms with Gasteiger partial charge in [0.25, 0.3) is 0 Å². The SMILES string of the molecule is CC(C)CN(Cc1ccc(F)cc1)C[C@H](O)Cc1ccccc1. The highest BCUT2D eigenvalue weighted by atomic mass is 19.1. The van der Waals surface area contributed by atoms with Crippen molar-refractivity contribution in [1.29, 1.82) is 0 Å². The minimum absolute atomic E-state index is 0.215. The van der Waals surface area contributed by atoms with Gasteiger partial charge in [0, 0.05) is 19.6 Å². The monoisotopic (exact) mass is 315 g/mol. The molecule has 0 saturated heterocycles. The van der Waals surface area contributed by atoms with Crippen molar-refractivity contribution in [2.45, 2.75) is 32.9 Å². The van der Waals surface area contributed by atoms with E-state index in [9.17, 15) is 9.50 Å². The molecule has 1 N–H and O–H groups in total. The van der Waals surface area contributed by atoms with Gasteiger partial charge in [-0.05, 0) is 35.6 Å². The number of hydrogen-bond donors (Lipinski definition) is 1. The van der Waals surface area contributed by atoms with Crippen LogP contribution in [0.25, 0.3) is 0 Å². The zero-order chi connectivity index (χ0) is 16.7. The molecule has 3 heteroatoms. The van der Waals surface area contributed by atoms with Gasteiger partial charge >= 0.3 is 0 Å². The van der Waals surface area contributed by atoms with Crippen molar-refractivity contribution in [3.8, 4) is 0 Å². The maximum atomic E-state index is 13.0. The maximum Gasteiger partial charge on any atom is 0.123 e. The van der Waals surface area contributed by atoms with Crippen LogP contribution in [-0.4, -0.2) is 29.2 Å². The van der Waals surface area contributed by atoms with Crippen LogP contribution in [0.2, 0.25) is 0 Å². The highest BCUT2D eigenvalue weighted by Crippen LogP contribution is 2.11. The fourth-order valence-electron chi connectivity index (χ4n) is 2.82. The molecule has 0 aliphatic rings. The van der Waals surface area contributed by atoms with Gasteiger partial charge < -0.3 is 5.11 Å². The first-order valence-electron chi connectivity index (χ1n) is 8.21. The van der Waals surface area contributed by atoms with Crippen molar-refractivity contribution >= 4 is 0 Å². The molecule has 0 aliphatic carbocycles. The lowest BCUT2D eigenvalue weighted by atomic mass is 10.1. The number of nitrogens with zero attached hydrogens (tertiary/aromatic N) is 1. The number of rotatable bonds is 8. The fourth-order valence-corrected chi connectivity index (χ4v) is 2.82. The third-order valence-electron chi connectivity index (χ3n) is 3.73. The molecule has 2 aromatic carbocycles. The summed E-state index contributed by atoms with van der Waals surface area (Å²) < 4.78 is 13.0. The molecule has 0 fully saturated rings. The van der Waals surface area contributed by atoms with Crippen LogP contribution >= 0.6 is 0 Å². The summed E-state index contributed by atoms with van der Waals surface area (Å²) in [5, 5.41) is 10.4. The van der Waals surface area contributed by atoms with Crippen LogP contribution in [0.1, 0.15) is 25.0 Å². The molecule has 124 valence electrons. The van der Waals surface area contributed by atoms with Gasteiger partial charge in [-0.3, -0.25) is 4.90 Å². The summed E-state index contributed by atoms with van der Waals surface area (Å²) in [5.41, 5.74) is 2.21. The molecule has 0 heterocycles. The smallest absolute Gasteiger partial charge is 0.123 e. The third-order valence-corrected chi connectivity index (χ3v) is 3.73. The van der Waals surface area contributed by atoms with Crippen molar-refractivity contribution in [3.05, 3.63) is 71.5 Å². The summed E-state index contributed by atoms with van der Waals surface area (Å²) in [6, 6.07) is 16.6. The number of aliphatic hydroxyl groups excluding tert-OH is 1. The topological polar surface area (TPSA) is 23.5 Å². The van der Waals surface area contributed by atoms with Crippen molar-refractivity contribution < 1.29 is 9.50 Å². The lowest BCUT2D eigenvalue weighted by Crippen LogP contribution is -2.35. The summed E-state index contributed by atoms with van der Waals surface area (Å²) in [5.74, 6) is 0.299. The van der Waals surface area contributed by atoms with E-state index in [1.54, 1.807) is 0 Å². The van der Waals surface area contributed by atoms with Crippen LogP contribution in [0.15, 0.2) is 54.6 Å². The number of hydrogen-bond acceptors (Lipinski definition) is 2. The second-order valence-corrected chi connectivity index (χ2v) is 6.56. The summed E-state index contributed by atoms with van der Waals surface area (Å²) in [6.07, 6.45) is 0.246. The molecule has 0 aliphatic heterocycles. The Balaban J connectivity index is 1.95. The molecule has 0 spiro atoms. The molecular weight excluding hydrogens is 289 g/mol. The molecule has 0 bridgehead atoms. The Morgan fingerprint density at radius 1 is 0.913 bits per heavy atom. The van der Waals surface area contributed by atoms with Crippen LogP contribution in [0.4, 0.5) is 4.39 Å². The third kappa shape index (κ3) is 6.51.